The number of carbonyl (C=O) groups is 1. The molecular formula is C11H12ClNO2. The lowest BCUT2D eigenvalue weighted by atomic mass is 10.3. The molecule has 0 amide bonds. The van der Waals surface area contributed by atoms with Gasteiger partial charge in [-0.1, -0.05) is 23.8 Å². The number of H-pyrrole nitrogens is 1. The van der Waals surface area contributed by atoms with Crippen molar-refractivity contribution in [2.45, 2.75) is 6.92 Å². The Morgan fingerprint density at radius 1 is 1.60 bits per heavy atom. The van der Waals surface area contributed by atoms with E-state index in [-0.39, 0.29) is 5.97 Å². The van der Waals surface area contributed by atoms with Gasteiger partial charge in [-0.25, -0.2) is 4.79 Å². The standard InChI is InChI=1S/C11H12ClNO2/c1-2-15-11(14)6-4-3-5-10-9(12)7-8-13-10/h3-8,13H,2H2,1H3/b5-3+,6-4+. The molecule has 0 aliphatic carbocycles. The molecule has 0 atom stereocenters. The van der Waals surface area contributed by atoms with Crippen LogP contribution in [0.2, 0.25) is 5.02 Å². The summed E-state index contributed by atoms with van der Waals surface area (Å²) in [6.07, 6.45) is 8.20. The van der Waals surface area contributed by atoms with Crippen molar-refractivity contribution >= 4 is 23.6 Å². The molecule has 1 aromatic heterocycles. The first-order valence-corrected chi connectivity index (χ1v) is 4.96. The second-order valence-corrected chi connectivity index (χ2v) is 3.12. The van der Waals surface area contributed by atoms with Gasteiger partial charge in [-0.2, -0.15) is 0 Å². The van der Waals surface area contributed by atoms with Crippen LogP contribution in [0.3, 0.4) is 0 Å². The molecule has 0 radical (unpaired) electrons. The van der Waals surface area contributed by atoms with Crippen molar-refractivity contribution in [1.29, 1.82) is 0 Å². The van der Waals surface area contributed by atoms with E-state index >= 15 is 0 Å². The number of halogens is 1. The van der Waals surface area contributed by atoms with Gasteiger partial charge in [0, 0.05) is 12.3 Å². The normalized spacial score (nSPS) is 11.3. The topological polar surface area (TPSA) is 42.1 Å². The second-order valence-electron chi connectivity index (χ2n) is 2.71. The summed E-state index contributed by atoms with van der Waals surface area (Å²) in [5, 5.41) is 0.649. The fourth-order valence-corrected chi connectivity index (χ4v) is 1.15. The highest BCUT2D eigenvalue weighted by atomic mass is 35.5. The third-order valence-electron chi connectivity index (χ3n) is 1.62. The molecule has 1 N–H and O–H groups in total. The lowest BCUT2D eigenvalue weighted by Gasteiger charge is -1.92. The zero-order valence-electron chi connectivity index (χ0n) is 8.37. The molecule has 1 aromatic rings. The first-order chi connectivity index (χ1) is 7.24. The zero-order chi connectivity index (χ0) is 11.1. The van der Waals surface area contributed by atoms with E-state index in [0.29, 0.717) is 11.6 Å². The van der Waals surface area contributed by atoms with E-state index in [1.165, 1.54) is 6.08 Å². The van der Waals surface area contributed by atoms with Gasteiger partial charge in [0.15, 0.2) is 0 Å². The Morgan fingerprint density at radius 2 is 2.40 bits per heavy atom. The molecule has 0 saturated heterocycles. The summed E-state index contributed by atoms with van der Waals surface area (Å²) >= 11 is 5.83. The van der Waals surface area contributed by atoms with Gasteiger partial charge in [0.1, 0.15) is 0 Å². The largest absolute Gasteiger partial charge is 0.463 e. The zero-order valence-corrected chi connectivity index (χ0v) is 9.12. The number of ether oxygens (including phenoxy) is 1. The van der Waals surface area contributed by atoms with Crippen LogP contribution in [0.5, 0.6) is 0 Å². The predicted octanol–water partition coefficient (Wildman–Crippen LogP) is 2.80. The van der Waals surface area contributed by atoms with Gasteiger partial charge < -0.3 is 9.72 Å². The van der Waals surface area contributed by atoms with Crippen LogP contribution in [0, 0.1) is 0 Å². The molecule has 0 aliphatic heterocycles. The molecular weight excluding hydrogens is 214 g/mol. The SMILES string of the molecule is CCOC(=O)/C=C/C=C/c1[nH]ccc1Cl. The molecule has 0 unspecified atom stereocenters. The van der Waals surface area contributed by atoms with E-state index in [2.05, 4.69) is 4.98 Å². The van der Waals surface area contributed by atoms with Crippen LogP contribution in [0.4, 0.5) is 0 Å². The quantitative estimate of drug-likeness (QED) is 0.486. The Morgan fingerprint density at radius 3 is 3.00 bits per heavy atom. The maximum absolute atomic E-state index is 10.9. The number of hydrogen-bond donors (Lipinski definition) is 1. The molecule has 80 valence electrons. The summed E-state index contributed by atoms with van der Waals surface area (Å²) in [7, 11) is 0. The Bertz CT molecular complexity index is 380. The highest BCUT2D eigenvalue weighted by molar-refractivity contribution is 6.31. The summed E-state index contributed by atoms with van der Waals surface area (Å²) in [6.45, 7) is 2.15. The minimum Gasteiger partial charge on any atom is -0.463 e. The van der Waals surface area contributed by atoms with Crippen LogP contribution in [0.1, 0.15) is 12.6 Å². The summed E-state index contributed by atoms with van der Waals surface area (Å²) in [4.78, 5) is 13.8. The van der Waals surface area contributed by atoms with Crippen LogP contribution >= 0.6 is 11.6 Å². The number of esters is 1. The number of aromatic nitrogens is 1. The third-order valence-corrected chi connectivity index (χ3v) is 1.95. The lowest BCUT2D eigenvalue weighted by molar-refractivity contribution is -0.137. The molecule has 1 heterocycles. The first kappa shape index (κ1) is 11.6. The van der Waals surface area contributed by atoms with Gasteiger partial charge in [0.2, 0.25) is 0 Å². The smallest absolute Gasteiger partial charge is 0.330 e. The van der Waals surface area contributed by atoms with E-state index in [9.17, 15) is 4.79 Å². The number of aromatic amines is 1. The summed E-state index contributed by atoms with van der Waals surface area (Å²) < 4.78 is 4.71. The van der Waals surface area contributed by atoms with Gasteiger partial charge in [-0.05, 0) is 19.1 Å². The van der Waals surface area contributed by atoms with Gasteiger partial charge in [0.05, 0.1) is 17.3 Å². The molecule has 0 aliphatic rings. The highest BCUT2D eigenvalue weighted by Crippen LogP contribution is 2.14. The average molecular weight is 226 g/mol. The van der Waals surface area contributed by atoms with Crippen LogP contribution in [-0.2, 0) is 9.53 Å². The minimum atomic E-state index is -0.347. The van der Waals surface area contributed by atoms with Gasteiger partial charge in [-0.15, -0.1) is 0 Å². The maximum atomic E-state index is 10.9. The minimum absolute atomic E-state index is 0.347. The average Bonchev–Trinajstić information content (AvgIpc) is 2.60. The molecule has 15 heavy (non-hydrogen) atoms. The third kappa shape index (κ3) is 4.04. The van der Waals surface area contributed by atoms with E-state index in [1.54, 1.807) is 37.4 Å². The highest BCUT2D eigenvalue weighted by Gasteiger charge is 1.94. The predicted molar refractivity (Wildman–Crippen MR) is 60.6 cm³/mol. The Labute approximate surface area is 93.4 Å². The molecule has 0 bridgehead atoms. The molecule has 4 heteroatoms. The molecule has 0 aromatic carbocycles. The first-order valence-electron chi connectivity index (χ1n) is 4.58. The van der Waals surface area contributed by atoms with E-state index < -0.39 is 0 Å². The van der Waals surface area contributed by atoms with Crippen LogP contribution in [0.15, 0.2) is 30.5 Å². The van der Waals surface area contributed by atoms with E-state index in [1.807, 2.05) is 0 Å². The summed E-state index contributed by atoms with van der Waals surface area (Å²) in [5.41, 5.74) is 0.810. The lowest BCUT2D eigenvalue weighted by Crippen LogP contribution is -1.98. The maximum Gasteiger partial charge on any atom is 0.330 e. The molecule has 0 spiro atoms. The van der Waals surface area contributed by atoms with E-state index in [0.717, 1.165) is 5.69 Å². The van der Waals surface area contributed by atoms with Crippen molar-refractivity contribution in [2.75, 3.05) is 6.61 Å². The molecule has 1 rings (SSSR count). The summed E-state index contributed by atoms with van der Waals surface area (Å²) in [6, 6.07) is 1.76. The van der Waals surface area contributed by atoms with E-state index in [4.69, 9.17) is 16.3 Å². The van der Waals surface area contributed by atoms with Crippen LogP contribution in [0.25, 0.3) is 6.08 Å². The fourth-order valence-electron chi connectivity index (χ4n) is 0.967. The van der Waals surface area contributed by atoms with Gasteiger partial charge >= 0.3 is 5.97 Å². The fraction of sp³-hybridized carbons (Fsp3) is 0.182. The van der Waals surface area contributed by atoms with Crippen molar-refractivity contribution in [3.8, 4) is 0 Å². The number of allylic oxidation sites excluding steroid dienone is 2. The number of rotatable bonds is 4. The van der Waals surface area contributed by atoms with Crippen molar-refractivity contribution < 1.29 is 9.53 Å². The Balaban J connectivity index is 2.46. The Kier molecular flexibility index (Phi) is 4.71. The van der Waals surface area contributed by atoms with Crippen LogP contribution < -0.4 is 0 Å². The number of carbonyl (C=O) groups excluding carboxylic acids is 1. The molecule has 0 fully saturated rings. The number of hydrogen-bond acceptors (Lipinski definition) is 2. The van der Waals surface area contributed by atoms with Crippen molar-refractivity contribution in [2.24, 2.45) is 0 Å². The van der Waals surface area contributed by atoms with Crippen LogP contribution in [-0.4, -0.2) is 17.6 Å². The molecule has 3 nitrogen and oxygen atoms in total. The van der Waals surface area contributed by atoms with Gasteiger partial charge in [-0.3, -0.25) is 0 Å². The Hall–Kier alpha value is -1.48. The van der Waals surface area contributed by atoms with Crippen molar-refractivity contribution in [3.63, 3.8) is 0 Å². The van der Waals surface area contributed by atoms with Gasteiger partial charge in [0.25, 0.3) is 0 Å². The van der Waals surface area contributed by atoms with Crippen molar-refractivity contribution in [1.82, 2.24) is 4.98 Å². The second kappa shape index (κ2) is 6.09. The monoisotopic (exact) mass is 225 g/mol. The van der Waals surface area contributed by atoms with Crippen molar-refractivity contribution in [3.05, 3.63) is 41.2 Å². The molecule has 0 saturated carbocycles. The summed E-state index contributed by atoms with van der Waals surface area (Å²) in [5.74, 6) is -0.347. The number of nitrogens with one attached hydrogen (secondary N) is 1.